The summed E-state index contributed by atoms with van der Waals surface area (Å²) in [5, 5.41) is 11.0. The van der Waals surface area contributed by atoms with Crippen LogP contribution in [0.1, 0.15) is 24.6 Å². The Balaban J connectivity index is 1.77. The van der Waals surface area contributed by atoms with Crippen LogP contribution in [0.15, 0.2) is 59.5 Å². The maximum Gasteiger partial charge on any atom is 0.270 e. The molecule has 2 fully saturated rings. The molecule has 2 aliphatic rings. The van der Waals surface area contributed by atoms with Crippen molar-refractivity contribution in [3.8, 4) is 0 Å². The molecule has 0 aromatic heterocycles. The lowest BCUT2D eigenvalue weighted by atomic mass is 10.1. The van der Waals surface area contributed by atoms with E-state index in [4.69, 9.17) is 0 Å². The van der Waals surface area contributed by atoms with Gasteiger partial charge in [0.25, 0.3) is 5.69 Å². The first-order valence-corrected chi connectivity index (χ1v) is 9.99. The summed E-state index contributed by atoms with van der Waals surface area (Å²) in [5.41, 5.74) is 0.702. The van der Waals surface area contributed by atoms with Crippen molar-refractivity contribution in [3.05, 3.63) is 70.3 Å². The number of sulfonamides is 1. The Labute approximate surface area is 152 Å². The van der Waals surface area contributed by atoms with Gasteiger partial charge in [0, 0.05) is 31.3 Å². The molecule has 2 unspecified atom stereocenters. The predicted octanol–water partition coefficient (Wildman–Crippen LogP) is 2.76. The molecule has 0 bridgehead atoms. The molecule has 7 nitrogen and oxygen atoms in total. The van der Waals surface area contributed by atoms with E-state index in [2.05, 4.69) is 4.90 Å². The first-order valence-electron chi connectivity index (χ1n) is 8.55. The van der Waals surface area contributed by atoms with Crippen LogP contribution in [-0.4, -0.2) is 41.7 Å². The van der Waals surface area contributed by atoms with Gasteiger partial charge in [-0.2, -0.15) is 4.31 Å². The van der Waals surface area contributed by atoms with Crippen LogP contribution >= 0.6 is 0 Å². The van der Waals surface area contributed by atoms with Gasteiger partial charge >= 0.3 is 0 Å². The maximum atomic E-state index is 13.3. The Morgan fingerprint density at radius 2 is 1.85 bits per heavy atom. The molecule has 2 aliphatic heterocycles. The molecule has 136 valence electrons. The summed E-state index contributed by atoms with van der Waals surface area (Å²) < 4.78 is 28.1. The highest BCUT2D eigenvalue weighted by Gasteiger charge is 2.48. The first-order chi connectivity index (χ1) is 12.5. The second-order valence-corrected chi connectivity index (χ2v) is 8.54. The van der Waals surface area contributed by atoms with Crippen LogP contribution in [0.4, 0.5) is 5.69 Å². The number of nitro benzene ring substituents is 1. The Hall–Kier alpha value is -2.29. The van der Waals surface area contributed by atoms with E-state index in [1.807, 2.05) is 30.3 Å². The average Bonchev–Trinajstić information content (AvgIpc) is 3.23. The van der Waals surface area contributed by atoms with Crippen molar-refractivity contribution in [1.29, 1.82) is 0 Å². The van der Waals surface area contributed by atoms with E-state index in [0.717, 1.165) is 31.0 Å². The van der Waals surface area contributed by atoms with Crippen LogP contribution in [0.3, 0.4) is 0 Å². The predicted molar refractivity (Wildman–Crippen MR) is 95.9 cm³/mol. The van der Waals surface area contributed by atoms with Gasteiger partial charge in [0.15, 0.2) is 0 Å². The number of hydrogen-bond donors (Lipinski definition) is 0. The Morgan fingerprint density at radius 3 is 2.58 bits per heavy atom. The third kappa shape index (κ3) is 2.80. The molecule has 8 heteroatoms. The first kappa shape index (κ1) is 17.1. The van der Waals surface area contributed by atoms with Gasteiger partial charge in [0.1, 0.15) is 6.17 Å². The fraction of sp³-hybridized carbons (Fsp3) is 0.333. The number of fused-ring (bicyclic) bond motifs is 1. The lowest BCUT2D eigenvalue weighted by Crippen LogP contribution is -2.35. The monoisotopic (exact) mass is 373 g/mol. The molecule has 26 heavy (non-hydrogen) atoms. The fourth-order valence-corrected chi connectivity index (χ4v) is 5.62. The number of nitro groups is 1. The Bertz CT molecular complexity index is 932. The van der Waals surface area contributed by atoms with Gasteiger partial charge in [0.05, 0.1) is 9.82 Å². The number of nitrogens with zero attached hydrogens (tertiary/aromatic N) is 3. The molecule has 2 aromatic carbocycles. The normalized spacial score (nSPS) is 23.8. The molecular weight excluding hydrogens is 354 g/mol. The number of rotatable bonds is 4. The molecule has 0 radical (unpaired) electrons. The van der Waals surface area contributed by atoms with Crippen molar-refractivity contribution in [2.75, 3.05) is 13.1 Å². The summed E-state index contributed by atoms with van der Waals surface area (Å²) in [4.78, 5) is 12.7. The minimum Gasteiger partial charge on any atom is -0.279 e. The molecule has 4 rings (SSSR count). The van der Waals surface area contributed by atoms with Gasteiger partial charge in [-0.05, 0) is 24.5 Å². The average molecular weight is 373 g/mol. The number of non-ortho nitro benzene ring substituents is 1. The van der Waals surface area contributed by atoms with Crippen LogP contribution in [0, 0.1) is 10.1 Å². The molecular formula is C18H19N3O4S. The second kappa shape index (κ2) is 6.46. The van der Waals surface area contributed by atoms with Crippen molar-refractivity contribution in [2.24, 2.45) is 0 Å². The van der Waals surface area contributed by atoms with E-state index in [0.29, 0.717) is 6.54 Å². The third-order valence-electron chi connectivity index (χ3n) is 5.13. The van der Waals surface area contributed by atoms with E-state index in [9.17, 15) is 18.5 Å². The second-order valence-electron chi connectivity index (χ2n) is 6.65. The molecule has 0 saturated carbocycles. The van der Waals surface area contributed by atoms with Gasteiger partial charge in [-0.25, -0.2) is 8.42 Å². The van der Waals surface area contributed by atoms with E-state index in [-0.39, 0.29) is 22.8 Å². The van der Waals surface area contributed by atoms with Crippen LogP contribution < -0.4 is 0 Å². The van der Waals surface area contributed by atoms with Crippen molar-refractivity contribution >= 4 is 15.7 Å². The van der Waals surface area contributed by atoms with Gasteiger partial charge in [-0.1, -0.05) is 36.4 Å². The highest BCUT2D eigenvalue weighted by molar-refractivity contribution is 7.89. The van der Waals surface area contributed by atoms with Gasteiger partial charge in [-0.15, -0.1) is 0 Å². The zero-order valence-electron chi connectivity index (χ0n) is 14.1. The van der Waals surface area contributed by atoms with Crippen LogP contribution in [0.2, 0.25) is 0 Å². The van der Waals surface area contributed by atoms with Crippen molar-refractivity contribution in [1.82, 2.24) is 9.21 Å². The van der Waals surface area contributed by atoms with Crippen LogP contribution in [-0.2, 0) is 10.0 Å². The summed E-state index contributed by atoms with van der Waals surface area (Å²) in [5.74, 6) is 0. The summed E-state index contributed by atoms with van der Waals surface area (Å²) in [6, 6.07) is 15.0. The quantitative estimate of drug-likeness (QED) is 0.608. The molecule has 0 amide bonds. The van der Waals surface area contributed by atoms with Gasteiger partial charge in [-0.3, -0.25) is 15.0 Å². The Kier molecular flexibility index (Phi) is 4.26. The fourth-order valence-electron chi connectivity index (χ4n) is 3.95. The molecule has 2 aromatic rings. The molecule has 0 N–H and O–H groups in total. The highest BCUT2D eigenvalue weighted by atomic mass is 32.2. The number of hydrogen-bond acceptors (Lipinski definition) is 5. The summed E-state index contributed by atoms with van der Waals surface area (Å²) in [7, 11) is -3.85. The summed E-state index contributed by atoms with van der Waals surface area (Å²) >= 11 is 0. The van der Waals surface area contributed by atoms with Gasteiger partial charge in [0.2, 0.25) is 10.0 Å². The van der Waals surface area contributed by atoms with E-state index in [1.165, 1.54) is 22.5 Å². The van der Waals surface area contributed by atoms with E-state index >= 15 is 0 Å². The zero-order valence-corrected chi connectivity index (χ0v) is 14.9. The smallest absolute Gasteiger partial charge is 0.270 e. The van der Waals surface area contributed by atoms with E-state index < -0.39 is 14.9 Å². The molecule has 0 spiro atoms. The Morgan fingerprint density at radius 1 is 1.08 bits per heavy atom. The maximum absolute atomic E-state index is 13.3. The number of benzene rings is 2. The van der Waals surface area contributed by atoms with Gasteiger partial charge < -0.3 is 0 Å². The third-order valence-corrected chi connectivity index (χ3v) is 6.95. The minimum atomic E-state index is -3.85. The highest BCUT2D eigenvalue weighted by Crippen LogP contribution is 2.42. The van der Waals surface area contributed by atoms with E-state index in [1.54, 1.807) is 0 Å². The van der Waals surface area contributed by atoms with Crippen LogP contribution in [0.5, 0.6) is 0 Å². The SMILES string of the molecule is O=[N+]([O-])c1cccc(S(=O)(=O)N2CC3CCCN3C2c2ccccc2)c1. The van der Waals surface area contributed by atoms with Crippen molar-refractivity contribution < 1.29 is 13.3 Å². The lowest BCUT2D eigenvalue weighted by molar-refractivity contribution is -0.385. The molecule has 2 atom stereocenters. The molecule has 0 aliphatic carbocycles. The van der Waals surface area contributed by atoms with Crippen molar-refractivity contribution in [2.45, 2.75) is 29.9 Å². The largest absolute Gasteiger partial charge is 0.279 e. The minimum absolute atomic E-state index is 0.0335. The summed E-state index contributed by atoms with van der Waals surface area (Å²) in [6.07, 6.45) is 1.65. The zero-order chi connectivity index (χ0) is 18.3. The topological polar surface area (TPSA) is 83.8 Å². The summed E-state index contributed by atoms with van der Waals surface area (Å²) in [6.45, 7) is 1.26. The van der Waals surface area contributed by atoms with Crippen LogP contribution in [0.25, 0.3) is 0 Å². The standard InChI is InChI=1S/C18H19N3O4S/c22-21(23)15-8-4-10-17(12-15)26(24,25)20-13-16-9-5-11-19(16)18(20)14-6-2-1-3-7-14/h1-4,6-8,10,12,16,18H,5,9,11,13H2. The molecule has 2 heterocycles. The lowest BCUT2D eigenvalue weighted by Gasteiger charge is -2.29. The molecule has 2 saturated heterocycles. The van der Waals surface area contributed by atoms with Crippen molar-refractivity contribution in [3.63, 3.8) is 0 Å².